The molecule has 1 aromatic carbocycles. The molecule has 2 N–H and O–H groups in total. The molecule has 0 saturated heterocycles. The number of nitrogens with one attached hydrogen (secondary N) is 2. The zero-order valence-electron chi connectivity index (χ0n) is 23.7. The lowest BCUT2D eigenvalue weighted by Gasteiger charge is -2.35. The molecule has 37 heavy (non-hydrogen) atoms. The van der Waals surface area contributed by atoms with E-state index in [9.17, 15) is 19.2 Å². The van der Waals surface area contributed by atoms with Crippen LogP contribution in [0.5, 0.6) is 0 Å². The third kappa shape index (κ3) is 11.7. The SMILES string of the molecule is CCCCCN(C(=O)C(CC(C)C)NC(=O)OC(C)(C)C)C(C(=O)NCC(=O)OC)c1cccc(C)c1. The van der Waals surface area contributed by atoms with E-state index in [1.54, 1.807) is 26.8 Å². The van der Waals surface area contributed by atoms with Crippen molar-refractivity contribution in [3.8, 4) is 0 Å². The third-order valence-corrected chi connectivity index (χ3v) is 5.53. The van der Waals surface area contributed by atoms with E-state index in [1.165, 1.54) is 12.0 Å². The lowest BCUT2D eigenvalue weighted by molar-refractivity contribution is -0.145. The van der Waals surface area contributed by atoms with Gasteiger partial charge in [-0.1, -0.05) is 63.4 Å². The summed E-state index contributed by atoms with van der Waals surface area (Å²) < 4.78 is 10.1. The van der Waals surface area contributed by atoms with Crippen LogP contribution in [0.1, 0.15) is 84.4 Å². The van der Waals surface area contributed by atoms with Crippen LogP contribution < -0.4 is 10.6 Å². The van der Waals surface area contributed by atoms with Gasteiger partial charge in [0.1, 0.15) is 24.2 Å². The Labute approximate surface area is 221 Å². The molecule has 0 radical (unpaired) electrons. The van der Waals surface area contributed by atoms with Gasteiger partial charge in [-0.05, 0) is 52.0 Å². The number of esters is 1. The molecule has 0 heterocycles. The molecule has 0 aromatic heterocycles. The predicted octanol–water partition coefficient (Wildman–Crippen LogP) is 4.28. The number of alkyl carbamates (subject to hydrolysis) is 1. The molecular weight excluding hydrogens is 474 g/mol. The molecule has 0 aliphatic carbocycles. The molecule has 2 atom stereocenters. The Kier molecular flexibility index (Phi) is 13.1. The summed E-state index contributed by atoms with van der Waals surface area (Å²) in [7, 11) is 1.24. The topological polar surface area (TPSA) is 114 Å². The van der Waals surface area contributed by atoms with Gasteiger partial charge in [0.15, 0.2) is 0 Å². The van der Waals surface area contributed by atoms with E-state index >= 15 is 0 Å². The first kappa shape index (κ1) is 31.9. The fraction of sp³-hybridized carbons (Fsp3) is 0.643. The Hall–Kier alpha value is -3.10. The summed E-state index contributed by atoms with van der Waals surface area (Å²) in [4.78, 5) is 53.4. The van der Waals surface area contributed by atoms with Crippen LogP contribution in [0.25, 0.3) is 0 Å². The molecule has 0 saturated carbocycles. The second-order valence-corrected chi connectivity index (χ2v) is 10.7. The number of unbranched alkanes of at least 4 members (excludes halogenated alkanes) is 2. The highest BCUT2D eigenvalue weighted by molar-refractivity contribution is 5.93. The Morgan fingerprint density at radius 3 is 2.30 bits per heavy atom. The van der Waals surface area contributed by atoms with Crippen LogP contribution in [0, 0.1) is 12.8 Å². The summed E-state index contributed by atoms with van der Waals surface area (Å²) >= 11 is 0. The van der Waals surface area contributed by atoms with Gasteiger partial charge in [-0.3, -0.25) is 14.4 Å². The fourth-order valence-electron chi connectivity index (χ4n) is 3.88. The maximum Gasteiger partial charge on any atom is 0.408 e. The van der Waals surface area contributed by atoms with E-state index in [1.807, 2.05) is 39.0 Å². The zero-order chi connectivity index (χ0) is 28.2. The summed E-state index contributed by atoms with van der Waals surface area (Å²) in [5.41, 5.74) is 0.816. The Balaban J connectivity index is 3.47. The first-order valence-electron chi connectivity index (χ1n) is 13.0. The van der Waals surface area contributed by atoms with Crippen LogP contribution in [0.3, 0.4) is 0 Å². The molecule has 0 fully saturated rings. The van der Waals surface area contributed by atoms with Crippen molar-refractivity contribution in [1.29, 1.82) is 0 Å². The molecule has 9 heteroatoms. The molecule has 0 spiro atoms. The van der Waals surface area contributed by atoms with Gasteiger partial charge in [-0.15, -0.1) is 0 Å². The lowest BCUT2D eigenvalue weighted by atomic mass is 9.98. The minimum Gasteiger partial charge on any atom is -0.468 e. The molecule has 0 bridgehead atoms. The summed E-state index contributed by atoms with van der Waals surface area (Å²) in [6, 6.07) is 5.48. The van der Waals surface area contributed by atoms with Crippen molar-refractivity contribution in [2.24, 2.45) is 5.92 Å². The fourth-order valence-corrected chi connectivity index (χ4v) is 3.88. The van der Waals surface area contributed by atoms with Gasteiger partial charge in [-0.25, -0.2) is 4.79 Å². The van der Waals surface area contributed by atoms with Gasteiger partial charge in [0.25, 0.3) is 0 Å². The van der Waals surface area contributed by atoms with Crippen LogP contribution in [0.4, 0.5) is 4.79 Å². The van der Waals surface area contributed by atoms with Crippen molar-refractivity contribution in [2.75, 3.05) is 20.2 Å². The van der Waals surface area contributed by atoms with Gasteiger partial charge >= 0.3 is 12.1 Å². The molecular formula is C28H45N3O6. The monoisotopic (exact) mass is 519 g/mol. The van der Waals surface area contributed by atoms with Crippen molar-refractivity contribution in [1.82, 2.24) is 15.5 Å². The van der Waals surface area contributed by atoms with Gasteiger partial charge in [0, 0.05) is 6.54 Å². The number of amides is 3. The number of hydrogen-bond acceptors (Lipinski definition) is 6. The highest BCUT2D eigenvalue weighted by Gasteiger charge is 2.36. The van der Waals surface area contributed by atoms with Crippen LogP contribution in [0.2, 0.25) is 0 Å². The number of nitrogens with zero attached hydrogens (tertiary/aromatic N) is 1. The molecule has 9 nitrogen and oxygen atoms in total. The normalized spacial score (nSPS) is 12.9. The van der Waals surface area contributed by atoms with Crippen LogP contribution in [0.15, 0.2) is 24.3 Å². The smallest absolute Gasteiger partial charge is 0.408 e. The molecule has 0 aliphatic rings. The highest BCUT2D eigenvalue weighted by atomic mass is 16.6. The van der Waals surface area contributed by atoms with E-state index in [4.69, 9.17) is 4.74 Å². The second kappa shape index (κ2) is 15.2. The van der Waals surface area contributed by atoms with Crippen LogP contribution >= 0.6 is 0 Å². The summed E-state index contributed by atoms with van der Waals surface area (Å²) in [5.74, 6) is -1.38. The van der Waals surface area contributed by atoms with Gasteiger partial charge < -0.3 is 25.0 Å². The number of benzene rings is 1. The number of hydrogen-bond donors (Lipinski definition) is 2. The summed E-state index contributed by atoms with van der Waals surface area (Å²) in [6.07, 6.45) is 2.14. The van der Waals surface area contributed by atoms with Crippen molar-refractivity contribution in [2.45, 2.75) is 91.8 Å². The van der Waals surface area contributed by atoms with Crippen molar-refractivity contribution in [3.63, 3.8) is 0 Å². The first-order valence-corrected chi connectivity index (χ1v) is 13.0. The van der Waals surface area contributed by atoms with E-state index in [-0.39, 0.29) is 18.4 Å². The van der Waals surface area contributed by atoms with Gasteiger partial charge in [0.2, 0.25) is 11.8 Å². The van der Waals surface area contributed by atoms with Crippen molar-refractivity contribution >= 4 is 23.9 Å². The predicted molar refractivity (Wildman–Crippen MR) is 143 cm³/mol. The Morgan fingerprint density at radius 1 is 1.08 bits per heavy atom. The number of ether oxygens (including phenoxy) is 2. The number of aryl methyl sites for hydroxylation is 1. The summed E-state index contributed by atoms with van der Waals surface area (Å²) in [5, 5.41) is 5.34. The third-order valence-electron chi connectivity index (χ3n) is 5.53. The van der Waals surface area contributed by atoms with Crippen molar-refractivity contribution < 1.29 is 28.7 Å². The second-order valence-electron chi connectivity index (χ2n) is 10.7. The quantitative estimate of drug-likeness (QED) is 0.297. The maximum atomic E-state index is 14.1. The first-order chi connectivity index (χ1) is 17.3. The lowest BCUT2D eigenvalue weighted by Crippen LogP contribution is -2.54. The minimum atomic E-state index is -0.996. The van der Waals surface area contributed by atoms with Gasteiger partial charge in [-0.2, -0.15) is 0 Å². The standard InChI is InChI=1S/C28H45N3O6/c1-9-10-11-15-31(26(34)22(16-19(2)3)30-27(35)37-28(5,6)7)24(21-14-12-13-20(4)17-21)25(33)29-18-23(32)36-8/h12-14,17,19,22,24H,9-11,15-16,18H2,1-8H3,(H,29,33)(H,30,35). The molecule has 1 aromatic rings. The minimum absolute atomic E-state index is 0.0898. The van der Waals surface area contributed by atoms with Crippen LogP contribution in [-0.4, -0.2) is 60.6 Å². The average molecular weight is 520 g/mol. The molecule has 0 aliphatic heterocycles. The molecule has 1 rings (SSSR count). The maximum absolute atomic E-state index is 14.1. The largest absolute Gasteiger partial charge is 0.468 e. The molecule has 2 unspecified atom stereocenters. The number of carbonyl (C=O) groups excluding carboxylic acids is 4. The zero-order valence-corrected chi connectivity index (χ0v) is 23.7. The number of rotatable bonds is 13. The number of carbonyl (C=O) groups is 4. The average Bonchev–Trinajstić information content (AvgIpc) is 2.79. The Morgan fingerprint density at radius 2 is 1.76 bits per heavy atom. The van der Waals surface area contributed by atoms with E-state index in [2.05, 4.69) is 22.3 Å². The highest BCUT2D eigenvalue weighted by Crippen LogP contribution is 2.25. The van der Waals surface area contributed by atoms with Crippen molar-refractivity contribution in [3.05, 3.63) is 35.4 Å². The molecule has 3 amide bonds. The van der Waals surface area contributed by atoms with E-state index in [0.29, 0.717) is 24.9 Å². The number of methoxy groups -OCH3 is 1. The summed E-state index contributed by atoms with van der Waals surface area (Å²) in [6.45, 7) is 13.1. The van der Waals surface area contributed by atoms with Crippen LogP contribution in [-0.2, 0) is 23.9 Å². The van der Waals surface area contributed by atoms with E-state index in [0.717, 1.165) is 18.4 Å². The van der Waals surface area contributed by atoms with E-state index < -0.39 is 35.7 Å². The van der Waals surface area contributed by atoms with Gasteiger partial charge in [0.05, 0.1) is 7.11 Å². The Bertz CT molecular complexity index is 909. The molecule has 208 valence electrons.